The number of hydrogen-bond acceptors (Lipinski definition) is 2. The fraction of sp³-hybridized carbons (Fsp3) is 1.00. The molecular formula is C15H30N2. The molecule has 1 aliphatic heterocycles. The molecule has 2 fully saturated rings. The Morgan fingerprint density at radius 3 is 2.53 bits per heavy atom. The molecule has 0 amide bonds. The topological polar surface area (TPSA) is 15.3 Å². The number of nitrogens with one attached hydrogen (secondary N) is 1. The van der Waals surface area contributed by atoms with Crippen LogP contribution in [0, 0.1) is 11.3 Å². The average molecular weight is 238 g/mol. The summed E-state index contributed by atoms with van der Waals surface area (Å²) in [5.74, 6) is 0.857. The molecule has 1 heterocycles. The normalized spacial score (nSPS) is 29.3. The number of likely N-dealkylation sites (tertiary alicyclic amines) is 1. The second-order valence-electron chi connectivity index (χ2n) is 6.81. The van der Waals surface area contributed by atoms with E-state index in [1.54, 1.807) is 0 Å². The highest BCUT2D eigenvalue weighted by atomic mass is 15.2. The average Bonchev–Trinajstić information content (AvgIpc) is 2.87. The highest BCUT2D eigenvalue weighted by molar-refractivity contribution is 4.91. The zero-order chi connectivity index (χ0) is 12.3. The number of likely N-dealkylation sites (N-methyl/N-ethyl adjacent to an activating group) is 1. The van der Waals surface area contributed by atoms with E-state index in [4.69, 9.17) is 0 Å². The van der Waals surface area contributed by atoms with Crippen LogP contribution in [0.3, 0.4) is 0 Å². The number of nitrogens with zero attached hydrogens (tertiary/aromatic N) is 1. The minimum Gasteiger partial charge on any atom is -0.316 e. The van der Waals surface area contributed by atoms with Gasteiger partial charge in [0.25, 0.3) is 0 Å². The first-order valence-electron chi connectivity index (χ1n) is 7.53. The predicted molar refractivity (Wildman–Crippen MR) is 74.3 cm³/mol. The predicted octanol–water partition coefficient (Wildman–Crippen LogP) is 2.89. The molecule has 1 unspecified atom stereocenters. The lowest BCUT2D eigenvalue weighted by Gasteiger charge is -2.35. The molecule has 2 aliphatic rings. The van der Waals surface area contributed by atoms with Crippen LogP contribution in [0.25, 0.3) is 0 Å². The molecule has 17 heavy (non-hydrogen) atoms. The van der Waals surface area contributed by atoms with E-state index in [0.717, 1.165) is 12.0 Å². The quantitative estimate of drug-likeness (QED) is 0.792. The lowest BCUT2D eigenvalue weighted by molar-refractivity contribution is 0.145. The Labute approximate surface area is 107 Å². The summed E-state index contributed by atoms with van der Waals surface area (Å²) in [5.41, 5.74) is 0.663. The molecule has 1 saturated carbocycles. The third-order valence-electron chi connectivity index (χ3n) is 4.75. The Bertz CT molecular complexity index is 231. The van der Waals surface area contributed by atoms with Crippen molar-refractivity contribution in [1.82, 2.24) is 10.2 Å². The van der Waals surface area contributed by atoms with Crippen LogP contribution < -0.4 is 5.32 Å². The minimum atomic E-state index is 0.663. The van der Waals surface area contributed by atoms with E-state index < -0.39 is 0 Å². The van der Waals surface area contributed by atoms with Crippen molar-refractivity contribution in [1.29, 1.82) is 0 Å². The number of rotatable bonds is 5. The fourth-order valence-corrected chi connectivity index (χ4v) is 4.10. The molecule has 1 N–H and O–H groups in total. The van der Waals surface area contributed by atoms with Gasteiger partial charge in [-0.1, -0.05) is 26.7 Å². The molecule has 0 bridgehead atoms. The summed E-state index contributed by atoms with van der Waals surface area (Å²) in [5, 5.41) is 3.43. The molecule has 0 aromatic rings. The molecule has 0 aromatic heterocycles. The van der Waals surface area contributed by atoms with Crippen LogP contribution in [-0.4, -0.2) is 37.6 Å². The summed E-state index contributed by atoms with van der Waals surface area (Å²) in [6, 6.07) is 0.743. The first kappa shape index (κ1) is 13.4. The van der Waals surface area contributed by atoms with Crippen LogP contribution in [0.2, 0.25) is 0 Å². The van der Waals surface area contributed by atoms with Crippen molar-refractivity contribution in [3.63, 3.8) is 0 Å². The van der Waals surface area contributed by atoms with Crippen molar-refractivity contribution in [2.24, 2.45) is 11.3 Å². The largest absolute Gasteiger partial charge is 0.316 e. The maximum Gasteiger partial charge on any atom is 0.0204 e. The van der Waals surface area contributed by atoms with Crippen molar-refractivity contribution >= 4 is 0 Å². The smallest absolute Gasteiger partial charge is 0.0204 e. The van der Waals surface area contributed by atoms with Gasteiger partial charge < -0.3 is 10.2 Å². The van der Waals surface area contributed by atoms with E-state index in [0.29, 0.717) is 5.41 Å². The summed E-state index contributed by atoms with van der Waals surface area (Å²) in [6.07, 6.45) is 8.67. The van der Waals surface area contributed by atoms with Gasteiger partial charge in [-0.15, -0.1) is 0 Å². The fourth-order valence-electron chi connectivity index (χ4n) is 4.10. The maximum absolute atomic E-state index is 3.43. The SMILES string of the molecule is CNC1CCN(CC2(CC(C)C)CCCC2)C1. The van der Waals surface area contributed by atoms with Gasteiger partial charge in [0.1, 0.15) is 0 Å². The number of hydrogen-bond donors (Lipinski definition) is 1. The minimum absolute atomic E-state index is 0.663. The monoisotopic (exact) mass is 238 g/mol. The third kappa shape index (κ3) is 3.45. The van der Waals surface area contributed by atoms with Gasteiger partial charge in [-0.25, -0.2) is 0 Å². The lowest BCUT2D eigenvalue weighted by Crippen LogP contribution is -2.37. The van der Waals surface area contributed by atoms with E-state index >= 15 is 0 Å². The zero-order valence-corrected chi connectivity index (χ0v) is 12.0. The van der Waals surface area contributed by atoms with Gasteiger partial charge in [0, 0.05) is 19.1 Å². The molecule has 1 saturated heterocycles. The molecule has 0 aromatic carbocycles. The Balaban J connectivity index is 1.89. The molecule has 0 spiro atoms. The molecule has 0 radical (unpaired) electrons. The first-order valence-corrected chi connectivity index (χ1v) is 7.53. The van der Waals surface area contributed by atoms with Crippen molar-refractivity contribution in [2.75, 3.05) is 26.7 Å². The van der Waals surface area contributed by atoms with Gasteiger partial charge in [-0.05, 0) is 50.6 Å². The highest BCUT2D eigenvalue weighted by Crippen LogP contribution is 2.44. The van der Waals surface area contributed by atoms with Gasteiger partial charge in [0.2, 0.25) is 0 Å². The van der Waals surface area contributed by atoms with Crippen LogP contribution in [0.4, 0.5) is 0 Å². The van der Waals surface area contributed by atoms with E-state index in [9.17, 15) is 0 Å². The lowest BCUT2D eigenvalue weighted by atomic mass is 9.78. The van der Waals surface area contributed by atoms with Crippen LogP contribution >= 0.6 is 0 Å². The summed E-state index contributed by atoms with van der Waals surface area (Å²) in [7, 11) is 2.10. The van der Waals surface area contributed by atoms with Crippen molar-refractivity contribution in [3.8, 4) is 0 Å². The van der Waals surface area contributed by atoms with Gasteiger partial charge in [0.15, 0.2) is 0 Å². The first-order chi connectivity index (χ1) is 8.13. The van der Waals surface area contributed by atoms with Gasteiger partial charge in [-0.2, -0.15) is 0 Å². The van der Waals surface area contributed by atoms with E-state index in [1.165, 1.54) is 58.2 Å². The molecule has 2 heteroatoms. The highest BCUT2D eigenvalue weighted by Gasteiger charge is 2.37. The maximum atomic E-state index is 3.43. The Morgan fingerprint density at radius 2 is 2.00 bits per heavy atom. The molecule has 2 nitrogen and oxygen atoms in total. The Morgan fingerprint density at radius 1 is 1.29 bits per heavy atom. The van der Waals surface area contributed by atoms with Crippen molar-refractivity contribution < 1.29 is 0 Å². The Kier molecular flexibility index (Phi) is 4.48. The Hall–Kier alpha value is -0.0800. The molecule has 1 atom stereocenters. The summed E-state index contributed by atoms with van der Waals surface area (Å²) < 4.78 is 0. The van der Waals surface area contributed by atoms with E-state index in [-0.39, 0.29) is 0 Å². The standard InChI is InChI=1S/C15H30N2/c1-13(2)10-15(7-4-5-8-15)12-17-9-6-14(11-17)16-3/h13-14,16H,4-12H2,1-3H3. The third-order valence-corrected chi connectivity index (χ3v) is 4.75. The van der Waals surface area contributed by atoms with Gasteiger partial charge in [0.05, 0.1) is 0 Å². The van der Waals surface area contributed by atoms with Crippen LogP contribution in [0.1, 0.15) is 52.4 Å². The van der Waals surface area contributed by atoms with Crippen molar-refractivity contribution in [3.05, 3.63) is 0 Å². The van der Waals surface area contributed by atoms with Gasteiger partial charge >= 0.3 is 0 Å². The van der Waals surface area contributed by atoms with Crippen LogP contribution in [0.5, 0.6) is 0 Å². The summed E-state index contributed by atoms with van der Waals surface area (Å²) in [4.78, 5) is 2.72. The molecule has 2 rings (SSSR count). The second-order valence-corrected chi connectivity index (χ2v) is 6.81. The summed E-state index contributed by atoms with van der Waals surface area (Å²) in [6.45, 7) is 8.73. The molecule has 1 aliphatic carbocycles. The van der Waals surface area contributed by atoms with Crippen LogP contribution in [-0.2, 0) is 0 Å². The van der Waals surface area contributed by atoms with Crippen molar-refractivity contribution in [2.45, 2.75) is 58.4 Å². The zero-order valence-electron chi connectivity index (χ0n) is 12.0. The molecule has 100 valence electrons. The molecular weight excluding hydrogens is 208 g/mol. The van der Waals surface area contributed by atoms with E-state index in [1.807, 2.05) is 0 Å². The second kappa shape index (κ2) is 5.71. The van der Waals surface area contributed by atoms with Crippen LogP contribution in [0.15, 0.2) is 0 Å². The van der Waals surface area contributed by atoms with E-state index in [2.05, 4.69) is 31.1 Å². The van der Waals surface area contributed by atoms with Gasteiger partial charge in [-0.3, -0.25) is 0 Å². The summed E-state index contributed by atoms with van der Waals surface area (Å²) >= 11 is 0.